The van der Waals surface area contributed by atoms with Gasteiger partial charge in [-0.15, -0.1) is 0 Å². The summed E-state index contributed by atoms with van der Waals surface area (Å²) in [5.74, 6) is -0.0623. The molecule has 92 valence electrons. The van der Waals surface area contributed by atoms with E-state index in [0.29, 0.717) is 5.92 Å². The fraction of sp³-hybridized carbons (Fsp3) is 0.583. The van der Waals surface area contributed by atoms with Gasteiger partial charge in [0.15, 0.2) is 0 Å². The van der Waals surface area contributed by atoms with Crippen molar-refractivity contribution < 1.29 is 14.4 Å². The summed E-state index contributed by atoms with van der Waals surface area (Å²) in [6.07, 6.45) is 3.75. The SMILES string of the molecule is C[C@@H]1CCN(C(=O)CCN2C(=O)C=CC2=O)C1. The molecule has 5 heteroatoms. The molecule has 0 saturated carbocycles. The first kappa shape index (κ1) is 11.8. The predicted molar refractivity (Wildman–Crippen MR) is 60.8 cm³/mol. The van der Waals surface area contributed by atoms with Crippen LogP contribution >= 0.6 is 0 Å². The molecule has 0 spiro atoms. The number of hydrogen-bond acceptors (Lipinski definition) is 3. The standard InChI is InChI=1S/C12H16N2O3/c1-9-4-6-13(8-9)10(15)5-7-14-11(16)2-3-12(14)17/h2-3,9H,4-8H2,1H3/t9-/m1/s1. The highest BCUT2D eigenvalue weighted by atomic mass is 16.2. The minimum atomic E-state index is -0.322. The molecule has 0 N–H and O–H groups in total. The van der Waals surface area contributed by atoms with Crippen LogP contribution in [-0.4, -0.2) is 47.2 Å². The summed E-state index contributed by atoms with van der Waals surface area (Å²) in [6, 6.07) is 0. The van der Waals surface area contributed by atoms with E-state index in [2.05, 4.69) is 6.92 Å². The van der Waals surface area contributed by atoms with Crippen molar-refractivity contribution in [3.8, 4) is 0 Å². The van der Waals surface area contributed by atoms with Crippen molar-refractivity contribution in [2.24, 2.45) is 5.92 Å². The summed E-state index contributed by atoms with van der Waals surface area (Å²) in [5.41, 5.74) is 0. The molecule has 2 aliphatic rings. The van der Waals surface area contributed by atoms with Crippen molar-refractivity contribution in [2.75, 3.05) is 19.6 Å². The molecule has 0 unspecified atom stereocenters. The predicted octanol–water partition coefficient (Wildman–Crippen LogP) is 0.170. The largest absolute Gasteiger partial charge is 0.342 e. The number of hydrogen-bond donors (Lipinski definition) is 0. The van der Waals surface area contributed by atoms with Gasteiger partial charge in [0, 0.05) is 38.2 Å². The van der Waals surface area contributed by atoms with Gasteiger partial charge in [0.05, 0.1) is 0 Å². The molecular formula is C12H16N2O3. The summed E-state index contributed by atoms with van der Waals surface area (Å²) < 4.78 is 0. The fourth-order valence-electron chi connectivity index (χ4n) is 2.18. The van der Waals surface area contributed by atoms with Crippen LogP contribution < -0.4 is 0 Å². The first-order chi connectivity index (χ1) is 8.08. The number of imide groups is 1. The third-order valence-electron chi connectivity index (χ3n) is 3.23. The second-order valence-electron chi connectivity index (χ2n) is 4.65. The Bertz CT molecular complexity index is 371. The molecule has 0 aliphatic carbocycles. The third kappa shape index (κ3) is 2.54. The highest BCUT2D eigenvalue weighted by Crippen LogP contribution is 2.16. The van der Waals surface area contributed by atoms with Crippen LogP contribution in [0.1, 0.15) is 19.8 Å². The van der Waals surface area contributed by atoms with Crippen molar-refractivity contribution >= 4 is 17.7 Å². The zero-order valence-corrected chi connectivity index (χ0v) is 9.89. The number of rotatable bonds is 3. The monoisotopic (exact) mass is 236 g/mol. The van der Waals surface area contributed by atoms with Gasteiger partial charge in [0.25, 0.3) is 11.8 Å². The first-order valence-electron chi connectivity index (χ1n) is 5.89. The van der Waals surface area contributed by atoms with Crippen molar-refractivity contribution in [3.05, 3.63) is 12.2 Å². The highest BCUT2D eigenvalue weighted by Gasteiger charge is 2.27. The minimum absolute atomic E-state index is 0.0295. The van der Waals surface area contributed by atoms with Crippen LogP contribution in [-0.2, 0) is 14.4 Å². The lowest BCUT2D eigenvalue weighted by molar-refractivity contribution is -0.138. The third-order valence-corrected chi connectivity index (χ3v) is 3.23. The lowest BCUT2D eigenvalue weighted by atomic mass is 10.2. The summed E-state index contributed by atoms with van der Waals surface area (Å²) in [4.78, 5) is 37.3. The number of likely N-dealkylation sites (tertiary alicyclic amines) is 1. The second-order valence-corrected chi connectivity index (χ2v) is 4.65. The number of carbonyl (C=O) groups is 3. The van der Waals surface area contributed by atoms with Crippen LogP contribution in [0.25, 0.3) is 0 Å². The van der Waals surface area contributed by atoms with Gasteiger partial charge in [0.1, 0.15) is 0 Å². The Morgan fingerprint density at radius 3 is 2.53 bits per heavy atom. The molecule has 0 aromatic heterocycles. The van der Waals surface area contributed by atoms with Gasteiger partial charge in [-0.3, -0.25) is 19.3 Å². The van der Waals surface area contributed by atoms with Crippen LogP contribution in [0.2, 0.25) is 0 Å². The summed E-state index contributed by atoms with van der Waals surface area (Å²) in [6.45, 7) is 3.89. The van der Waals surface area contributed by atoms with Crippen LogP contribution in [0.15, 0.2) is 12.2 Å². The topological polar surface area (TPSA) is 57.7 Å². The van der Waals surface area contributed by atoms with E-state index >= 15 is 0 Å². The Kier molecular flexibility index (Phi) is 3.26. The molecule has 0 radical (unpaired) electrons. The summed E-state index contributed by atoms with van der Waals surface area (Å²) in [7, 11) is 0. The molecule has 0 bridgehead atoms. The molecule has 1 atom stereocenters. The smallest absolute Gasteiger partial charge is 0.253 e. The van der Waals surface area contributed by atoms with Gasteiger partial charge in [-0.1, -0.05) is 6.92 Å². The maximum Gasteiger partial charge on any atom is 0.253 e. The minimum Gasteiger partial charge on any atom is -0.342 e. The van der Waals surface area contributed by atoms with E-state index in [1.165, 1.54) is 12.2 Å². The summed E-state index contributed by atoms with van der Waals surface area (Å²) >= 11 is 0. The van der Waals surface area contributed by atoms with Crippen LogP contribution in [0.3, 0.4) is 0 Å². The van der Waals surface area contributed by atoms with E-state index in [-0.39, 0.29) is 30.7 Å². The zero-order chi connectivity index (χ0) is 12.4. The van der Waals surface area contributed by atoms with Gasteiger partial charge in [-0.2, -0.15) is 0 Å². The van der Waals surface area contributed by atoms with Crippen molar-refractivity contribution in [2.45, 2.75) is 19.8 Å². The molecule has 2 aliphatic heterocycles. The normalized spacial score (nSPS) is 23.9. The molecule has 1 fully saturated rings. The van der Waals surface area contributed by atoms with Crippen LogP contribution in [0.5, 0.6) is 0 Å². The second kappa shape index (κ2) is 4.69. The zero-order valence-electron chi connectivity index (χ0n) is 9.89. The van der Waals surface area contributed by atoms with E-state index in [1.54, 1.807) is 0 Å². The Hall–Kier alpha value is -1.65. The molecular weight excluding hydrogens is 220 g/mol. The van der Waals surface area contributed by atoms with E-state index in [0.717, 1.165) is 24.4 Å². The van der Waals surface area contributed by atoms with E-state index < -0.39 is 0 Å². The quantitative estimate of drug-likeness (QED) is 0.656. The van der Waals surface area contributed by atoms with Gasteiger partial charge in [0.2, 0.25) is 5.91 Å². The van der Waals surface area contributed by atoms with Gasteiger partial charge < -0.3 is 4.90 Å². The van der Waals surface area contributed by atoms with Crippen molar-refractivity contribution in [1.29, 1.82) is 0 Å². The molecule has 5 nitrogen and oxygen atoms in total. The van der Waals surface area contributed by atoms with Gasteiger partial charge >= 0.3 is 0 Å². The molecule has 2 rings (SSSR count). The molecule has 3 amide bonds. The average molecular weight is 236 g/mol. The Morgan fingerprint density at radius 1 is 1.35 bits per heavy atom. The number of nitrogens with zero attached hydrogens (tertiary/aromatic N) is 2. The lowest BCUT2D eigenvalue weighted by Gasteiger charge is -2.18. The Morgan fingerprint density at radius 2 is 2.00 bits per heavy atom. The lowest BCUT2D eigenvalue weighted by Crippen LogP contribution is -2.36. The van der Waals surface area contributed by atoms with Crippen LogP contribution in [0, 0.1) is 5.92 Å². The Labute approximate surface area is 100 Å². The first-order valence-corrected chi connectivity index (χ1v) is 5.89. The maximum atomic E-state index is 11.8. The molecule has 0 aromatic rings. The van der Waals surface area contributed by atoms with Crippen molar-refractivity contribution in [1.82, 2.24) is 9.80 Å². The van der Waals surface area contributed by atoms with E-state index in [9.17, 15) is 14.4 Å². The molecule has 17 heavy (non-hydrogen) atoms. The fourth-order valence-corrected chi connectivity index (χ4v) is 2.18. The van der Waals surface area contributed by atoms with Crippen LogP contribution in [0.4, 0.5) is 0 Å². The number of amides is 3. The summed E-state index contributed by atoms with van der Waals surface area (Å²) in [5, 5.41) is 0. The van der Waals surface area contributed by atoms with E-state index in [4.69, 9.17) is 0 Å². The van der Waals surface area contributed by atoms with Gasteiger partial charge in [-0.25, -0.2) is 0 Å². The van der Waals surface area contributed by atoms with Gasteiger partial charge in [-0.05, 0) is 12.3 Å². The Balaban J connectivity index is 1.80. The maximum absolute atomic E-state index is 11.8. The van der Waals surface area contributed by atoms with Crippen molar-refractivity contribution in [3.63, 3.8) is 0 Å². The highest BCUT2D eigenvalue weighted by molar-refractivity contribution is 6.13. The van der Waals surface area contributed by atoms with E-state index in [1.807, 2.05) is 4.90 Å². The molecule has 1 saturated heterocycles. The molecule has 0 aromatic carbocycles. The number of carbonyl (C=O) groups excluding carboxylic acids is 3. The molecule has 2 heterocycles. The average Bonchev–Trinajstić information content (AvgIpc) is 2.84.